The van der Waals surface area contributed by atoms with Crippen LogP contribution in [0.3, 0.4) is 0 Å². The van der Waals surface area contributed by atoms with E-state index in [1.165, 1.54) is 0 Å². The summed E-state index contributed by atoms with van der Waals surface area (Å²) in [6.07, 6.45) is 2.51. The first-order chi connectivity index (χ1) is 8.72. The van der Waals surface area contributed by atoms with Crippen molar-refractivity contribution in [3.05, 3.63) is 22.7 Å². The first-order valence-corrected chi connectivity index (χ1v) is 6.47. The maximum atomic E-state index is 11.7. The summed E-state index contributed by atoms with van der Waals surface area (Å²) in [5.74, 6) is 1.24. The molecule has 0 spiro atoms. The highest BCUT2D eigenvalue weighted by atomic mass is 35.5. The Balaban J connectivity index is 1.75. The Bertz CT molecular complexity index is 485. The smallest absolute Gasteiger partial charge is 0.224 e. The van der Waals surface area contributed by atoms with Crippen molar-refractivity contribution in [2.75, 3.05) is 13.2 Å². The number of nitrogens with one attached hydrogen (secondary N) is 1. The molecule has 1 fully saturated rings. The van der Waals surface area contributed by atoms with Gasteiger partial charge in [0.15, 0.2) is 11.5 Å². The molecule has 4 nitrogen and oxygen atoms in total. The third-order valence-electron chi connectivity index (χ3n) is 2.96. The summed E-state index contributed by atoms with van der Waals surface area (Å²) in [7, 11) is 0. The average molecular weight is 268 g/mol. The van der Waals surface area contributed by atoms with E-state index in [2.05, 4.69) is 5.32 Å². The zero-order valence-electron chi connectivity index (χ0n) is 9.87. The largest absolute Gasteiger partial charge is 0.486 e. The summed E-state index contributed by atoms with van der Waals surface area (Å²) in [6.45, 7) is 1.02. The molecule has 2 aliphatic rings. The maximum absolute atomic E-state index is 11.7. The Labute approximate surface area is 110 Å². The summed E-state index contributed by atoms with van der Waals surface area (Å²) < 4.78 is 10.9. The second-order valence-electron chi connectivity index (χ2n) is 4.62. The predicted molar refractivity (Wildman–Crippen MR) is 67.3 cm³/mol. The van der Waals surface area contributed by atoms with E-state index in [-0.39, 0.29) is 5.91 Å². The van der Waals surface area contributed by atoms with Gasteiger partial charge in [-0.3, -0.25) is 4.79 Å². The van der Waals surface area contributed by atoms with Gasteiger partial charge in [-0.05, 0) is 30.5 Å². The van der Waals surface area contributed by atoms with Gasteiger partial charge in [-0.25, -0.2) is 0 Å². The minimum absolute atomic E-state index is 0.0326. The first-order valence-electron chi connectivity index (χ1n) is 6.10. The number of ether oxygens (including phenoxy) is 2. The summed E-state index contributed by atoms with van der Waals surface area (Å²) in [6, 6.07) is 3.97. The van der Waals surface area contributed by atoms with E-state index in [1.54, 1.807) is 6.07 Å². The fourth-order valence-corrected chi connectivity index (χ4v) is 2.25. The van der Waals surface area contributed by atoms with Crippen LogP contribution in [0.15, 0.2) is 12.1 Å². The van der Waals surface area contributed by atoms with Crippen molar-refractivity contribution in [2.24, 2.45) is 0 Å². The summed E-state index contributed by atoms with van der Waals surface area (Å²) in [5, 5.41) is 3.45. The number of amides is 1. The second-order valence-corrected chi connectivity index (χ2v) is 5.03. The fraction of sp³-hybridized carbons (Fsp3) is 0.462. The Kier molecular flexibility index (Phi) is 3.04. The van der Waals surface area contributed by atoms with Crippen LogP contribution in [0.2, 0.25) is 5.02 Å². The lowest BCUT2D eigenvalue weighted by atomic mass is 10.1. The molecule has 1 saturated carbocycles. The Hall–Kier alpha value is -1.42. The van der Waals surface area contributed by atoms with Gasteiger partial charge in [0, 0.05) is 6.04 Å². The molecule has 0 atom stereocenters. The second kappa shape index (κ2) is 4.69. The molecule has 96 valence electrons. The molecule has 18 heavy (non-hydrogen) atoms. The quantitative estimate of drug-likeness (QED) is 0.910. The van der Waals surface area contributed by atoms with Crippen LogP contribution in [0.4, 0.5) is 0 Å². The van der Waals surface area contributed by atoms with Gasteiger partial charge >= 0.3 is 0 Å². The Morgan fingerprint density at radius 1 is 1.33 bits per heavy atom. The zero-order chi connectivity index (χ0) is 12.5. The molecule has 1 aliphatic heterocycles. The average Bonchev–Trinajstić information content (AvgIpc) is 3.13. The van der Waals surface area contributed by atoms with Crippen molar-refractivity contribution in [3.63, 3.8) is 0 Å². The number of rotatable bonds is 3. The molecule has 0 aromatic heterocycles. The number of carbonyl (C=O) groups excluding carboxylic acids is 1. The van der Waals surface area contributed by atoms with E-state index in [9.17, 15) is 4.79 Å². The molecule has 1 amide bonds. The normalized spacial score (nSPS) is 17.4. The molecule has 0 unspecified atom stereocenters. The maximum Gasteiger partial charge on any atom is 0.224 e. The van der Waals surface area contributed by atoms with Crippen LogP contribution < -0.4 is 14.8 Å². The minimum atomic E-state index is 0.0326. The van der Waals surface area contributed by atoms with E-state index in [1.807, 2.05) is 6.07 Å². The van der Waals surface area contributed by atoms with Crippen LogP contribution >= 0.6 is 11.6 Å². The lowest BCUT2D eigenvalue weighted by Gasteiger charge is -2.20. The fourth-order valence-electron chi connectivity index (χ4n) is 1.96. The highest BCUT2D eigenvalue weighted by Gasteiger charge is 2.24. The topological polar surface area (TPSA) is 47.6 Å². The number of carbonyl (C=O) groups is 1. The van der Waals surface area contributed by atoms with Crippen molar-refractivity contribution in [1.29, 1.82) is 0 Å². The summed E-state index contributed by atoms with van der Waals surface area (Å²) in [5.41, 5.74) is 0.849. The van der Waals surface area contributed by atoms with Crippen LogP contribution in [0.25, 0.3) is 0 Å². The zero-order valence-corrected chi connectivity index (χ0v) is 10.6. The highest BCUT2D eigenvalue weighted by Crippen LogP contribution is 2.38. The molecule has 1 aromatic carbocycles. The van der Waals surface area contributed by atoms with Gasteiger partial charge in [0.25, 0.3) is 0 Å². The van der Waals surface area contributed by atoms with Gasteiger partial charge in [-0.1, -0.05) is 11.6 Å². The van der Waals surface area contributed by atoms with E-state index in [4.69, 9.17) is 21.1 Å². The van der Waals surface area contributed by atoms with E-state index in [0.29, 0.717) is 42.2 Å². The highest BCUT2D eigenvalue weighted by molar-refractivity contribution is 6.32. The van der Waals surface area contributed by atoms with Gasteiger partial charge in [0.05, 0.1) is 11.4 Å². The van der Waals surface area contributed by atoms with Gasteiger partial charge in [0.1, 0.15) is 13.2 Å². The van der Waals surface area contributed by atoms with Crippen LogP contribution in [-0.2, 0) is 11.2 Å². The molecule has 0 saturated heterocycles. The van der Waals surface area contributed by atoms with Gasteiger partial charge in [0.2, 0.25) is 5.91 Å². The monoisotopic (exact) mass is 267 g/mol. The van der Waals surface area contributed by atoms with Gasteiger partial charge in [-0.15, -0.1) is 0 Å². The third-order valence-corrected chi connectivity index (χ3v) is 3.24. The minimum Gasteiger partial charge on any atom is -0.486 e. The molecule has 1 aromatic rings. The molecule has 3 rings (SSSR count). The molecule has 1 heterocycles. The van der Waals surface area contributed by atoms with E-state index >= 15 is 0 Å². The Morgan fingerprint density at radius 2 is 2.11 bits per heavy atom. The number of hydrogen-bond acceptors (Lipinski definition) is 3. The molecule has 0 radical (unpaired) electrons. The SMILES string of the molecule is O=C(Cc1cc(Cl)c2c(c1)OCCO2)NC1CC1. The molecule has 1 N–H and O–H groups in total. The van der Waals surface area contributed by atoms with Crippen LogP contribution in [-0.4, -0.2) is 25.2 Å². The first kappa shape index (κ1) is 11.7. The standard InChI is InChI=1S/C13H14ClNO3/c14-10-5-8(7-12(16)15-9-1-2-9)6-11-13(10)18-4-3-17-11/h5-6,9H,1-4,7H2,(H,15,16). The molecular formula is C13H14ClNO3. The molecule has 0 bridgehead atoms. The molecule has 5 heteroatoms. The molecule has 1 aliphatic carbocycles. The summed E-state index contributed by atoms with van der Waals surface area (Å²) >= 11 is 6.11. The number of halogens is 1. The number of fused-ring (bicyclic) bond motifs is 1. The van der Waals surface area contributed by atoms with Crippen molar-refractivity contribution >= 4 is 17.5 Å². The van der Waals surface area contributed by atoms with Crippen LogP contribution in [0.5, 0.6) is 11.5 Å². The number of benzene rings is 1. The van der Waals surface area contributed by atoms with E-state index in [0.717, 1.165) is 18.4 Å². The Morgan fingerprint density at radius 3 is 2.89 bits per heavy atom. The van der Waals surface area contributed by atoms with Crippen LogP contribution in [0, 0.1) is 0 Å². The van der Waals surface area contributed by atoms with Crippen molar-refractivity contribution in [1.82, 2.24) is 5.32 Å². The van der Waals surface area contributed by atoms with Gasteiger partial charge in [-0.2, -0.15) is 0 Å². The van der Waals surface area contributed by atoms with Gasteiger partial charge < -0.3 is 14.8 Å². The lowest BCUT2D eigenvalue weighted by molar-refractivity contribution is -0.120. The molecular weight excluding hydrogens is 254 g/mol. The summed E-state index contributed by atoms with van der Waals surface area (Å²) in [4.78, 5) is 11.7. The van der Waals surface area contributed by atoms with Crippen molar-refractivity contribution in [2.45, 2.75) is 25.3 Å². The van der Waals surface area contributed by atoms with Crippen molar-refractivity contribution in [3.8, 4) is 11.5 Å². The lowest BCUT2D eigenvalue weighted by Crippen LogP contribution is -2.27. The van der Waals surface area contributed by atoms with Crippen LogP contribution in [0.1, 0.15) is 18.4 Å². The van der Waals surface area contributed by atoms with E-state index < -0.39 is 0 Å². The van der Waals surface area contributed by atoms with Crippen molar-refractivity contribution < 1.29 is 14.3 Å². The number of hydrogen-bond donors (Lipinski definition) is 1. The third kappa shape index (κ3) is 2.53. The predicted octanol–water partition coefficient (Wildman–Crippen LogP) is 1.93.